The first-order chi connectivity index (χ1) is 10.3. The molecule has 0 bridgehead atoms. The van der Waals surface area contributed by atoms with Gasteiger partial charge in [-0.05, 0) is 17.9 Å². The van der Waals surface area contributed by atoms with Crippen molar-refractivity contribution in [3.63, 3.8) is 0 Å². The van der Waals surface area contributed by atoms with E-state index in [0.29, 0.717) is 5.56 Å². The van der Waals surface area contributed by atoms with Crippen LogP contribution >= 0.6 is 11.6 Å². The Morgan fingerprint density at radius 2 is 2.00 bits per heavy atom. The van der Waals surface area contributed by atoms with Crippen LogP contribution in [0.25, 0.3) is 0 Å². The van der Waals surface area contributed by atoms with E-state index in [9.17, 15) is 18.0 Å². The molecule has 1 saturated heterocycles. The number of alkyl halides is 3. The number of benzene rings is 1. The number of halogens is 4. The zero-order valence-corrected chi connectivity index (χ0v) is 12.0. The van der Waals surface area contributed by atoms with Gasteiger partial charge in [-0.3, -0.25) is 4.79 Å². The normalized spacial score (nSPS) is 27.7. The van der Waals surface area contributed by atoms with Gasteiger partial charge in [-0.2, -0.15) is 13.2 Å². The molecule has 1 saturated carbocycles. The van der Waals surface area contributed by atoms with E-state index in [1.54, 1.807) is 24.3 Å². The number of carbonyl (C=O) groups is 1. The molecule has 118 valence electrons. The van der Waals surface area contributed by atoms with Gasteiger partial charge in [-0.25, -0.2) is 0 Å². The van der Waals surface area contributed by atoms with E-state index in [2.05, 4.69) is 5.16 Å². The summed E-state index contributed by atoms with van der Waals surface area (Å²) in [7, 11) is 0. The molecule has 0 aromatic heterocycles. The lowest BCUT2D eigenvalue weighted by molar-refractivity contribution is -0.184. The molecule has 1 heterocycles. The third-order valence-corrected chi connectivity index (χ3v) is 4.76. The van der Waals surface area contributed by atoms with E-state index < -0.39 is 12.1 Å². The molecular formula is C14H12ClF3N2O2. The van der Waals surface area contributed by atoms with Crippen LogP contribution in [-0.4, -0.2) is 40.5 Å². The molecule has 1 aliphatic carbocycles. The standard InChI is InChI=1S/C14H12ClF3N2O2/c15-11(19-22)8-1-3-9(4-2-8)13-5-10(13)6-20(7-13)12(21)14(16,17)18/h1-4,10,22H,5-7H2/b19-11-/t10-,13?/m1/s1. The molecule has 3 rings (SSSR count). The van der Waals surface area contributed by atoms with Gasteiger partial charge in [0.15, 0.2) is 5.17 Å². The van der Waals surface area contributed by atoms with Crippen LogP contribution in [0, 0.1) is 5.92 Å². The molecule has 4 nitrogen and oxygen atoms in total. The van der Waals surface area contributed by atoms with Crippen LogP contribution in [0.15, 0.2) is 29.4 Å². The highest BCUT2D eigenvalue weighted by Gasteiger charge is 2.63. The Morgan fingerprint density at radius 3 is 2.55 bits per heavy atom. The third-order valence-electron chi connectivity index (χ3n) is 4.46. The summed E-state index contributed by atoms with van der Waals surface area (Å²) >= 11 is 5.68. The molecule has 1 amide bonds. The Balaban J connectivity index is 1.78. The fraction of sp³-hybridized carbons (Fsp3) is 0.429. The maximum atomic E-state index is 12.5. The van der Waals surface area contributed by atoms with Gasteiger partial charge in [0.1, 0.15) is 0 Å². The summed E-state index contributed by atoms with van der Waals surface area (Å²) in [5, 5.41) is 11.4. The highest BCUT2D eigenvalue weighted by atomic mass is 35.5. The highest BCUT2D eigenvalue weighted by molar-refractivity contribution is 6.69. The Labute approximate surface area is 129 Å². The fourth-order valence-corrected chi connectivity index (χ4v) is 3.39. The van der Waals surface area contributed by atoms with E-state index >= 15 is 0 Å². The van der Waals surface area contributed by atoms with E-state index in [0.717, 1.165) is 16.9 Å². The summed E-state index contributed by atoms with van der Waals surface area (Å²) in [6.45, 7) is 0.218. The third kappa shape index (κ3) is 2.33. The Bertz CT molecular complexity index is 644. The maximum absolute atomic E-state index is 12.5. The average molecular weight is 333 g/mol. The molecule has 0 spiro atoms. The highest BCUT2D eigenvalue weighted by Crippen LogP contribution is 2.59. The number of piperidine rings is 1. The van der Waals surface area contributed by atoms with Gasteiger partial charge in [0.2, 0.25) is 0 Å². The predicted octanol–water partition coefficient (Wildman–Crippen LogP) is 2.72. The Morgan fingerprint density at radius 1 is 1.36 bits per heavy atom. The first-order valence-electron chi connectivity index (χ1n) is 6.62. The minimum absolute atomic E-state index is 0.0586. The molecule has 1 aliphatic heterocycles. The molecule has 2 aliphatic rings. The van der Waals surface area contributed by atoms with Crippen molar-refractivity contribution in [1.29, 1.82) is 0 Å². The number of hydrogen-bond donors (Lipinski definition) is 1. The first-order valence-corrected chi connectivity index (χ1v) is 7.00. The summed E-state index contributed by atoms with van der Waals surface area (Å²) in [5.41, 5.74) is 1.01. The maximum Gasteiger partial charge on any atom is 0.471 e. The van der Waals surface area contributed by atoms with E-state index in [-0.39, 0.29) is 29.6 Å². The van der Waals surface area contributed by atoms with Crippen molar-refractivity contribution in [1.82, 2.24) is 4.90 Å². The zero-order chi connectivity index (χ0) is 16.1. The van der Waals surface area contributed by atoms with Crippen molar-refractivity contribution in [2.75, 3.05) is 13.1 Å². The first kappa shape index (κ1) is 15.1. The van der Waals surface area contributed by atoms with Crippen LogP contribution in [0.4, 0.5) is 13.2 Å². The molecule has 1 unspecified atom stereocenters. The second-order valence-electron chi connectivity index (χ2n) is 5.71. The summed E-state index contributed by atoms with van der Waals surface area (Å²) in [6, 6.07) is 6.81. The van der Waals surface area contributed by atoms with E-state index in [1.165, 1.54) is 0 Å². The van der Waals surface area contributed by atoms with Gasteiger partial charge in [0.25, 0.3) is 0 Å². The van der Waals surface area contributed by atoms with Crippen LogP contribution in [0.3, 0.4) is 0 Å². The Kier molecular flexibility index (Phi) is 3.36. The van der Waals surface area contributed by atoms with Crippen molar-refractivity contribution in [2.24, 2.45) is 11.1 Å². The lowest BCUT2D eigenvalue weighted by Gasteiger charge is -2.22. The van der Waals surface area contributed by atoms with Crippen molar-refractivity contribution in [3.8, 4) is 0 Å². The lowest BCUT2D eigenvalue weighted by atomic mass is 9.94. The topological polar surface area (TPSA) is 52.9 Å². The van der Waals surface area contributed by atoms with Gasteiger partial charge in [-0.1, -0.05) is 41.0 Å². The van der Waals surface area contributed by atoms with Crippen LogP contribution in [0.2, 0.25) is 0 Å². The number of hydrogen-bond acceptors (Lipinski definition) is 3. The molecule has 0 radical (unpaired) electrons. The van der Waals surface area contributed by atoms with Gasteiger partial charge in [-0.15, -0.1) is 0 Å². The number of rotatable bonds is 2. The minimum Gasteiger partial charge on any atom is -0.410 e. The van der Waals surface area contributed by atoms with Crippen LogP contribution in [0.1, 0.15) is 17.5 Å². The molecule has 1 N–H and O–H groups in total. The number of likely N-dealkylation sites (tertiary alicyclic amines) is 1. The number of carbonyl (C=O) groups excluding carboxylic acids is 1. The minimum atomic E-state index is -4.83. The van der Waals surface area contributed by atoms with Gasteiger partial charge >= 0.3 is 12.1 Å². The SMILES string of the molecule is O=C(N1C[C@H]2CC2(c2ccc(/C(Cl)=N/O)cc2)C1)C(F)(F)F. The molecule has 8 heteroatoms. The molecular weight excluding hydrogens is 321 g/mol. The molecule has 2 atom stereocenters. The van der Waals surface area contributed by atoms with Crippen molar-refractivity contribution < 1.29 is 23.2 Å². The average Bonchev–Trinajstić information content (AvgIpc) is 3.07. The van der Waals surface area contributed by atoms with E-state index in [1.807, 2.05) is 0 Å². The van der Waals surface area contributed by atoms with Gasteiger partial charge in [0, 0.05) is 24.1 Å². The lowest BCUT2D eigenvalue weighted by Crippen LogP contribution is -2.41. The summed E-state index contributed by atoms with van der Waals surface area (Å²) in [4.78, 5) is 12.2. The number of amides is 1. The van der Waals surface area contributed by atoms with Crippen molar-refractivity contribution >= 4 is 22.7 Å². The largest absolute Gasteiger partial charge is 0.471 e. The van der Waals surface area contributed by atoms with Crippen molar-refractivity contribution in [3.05, 3.63) is 35.4 Å². The second kappa shape index (κ2) is 4.87. The quantitative estimate of drug-likeness (QED) is 0.514. The molecule has 22 heavy (non-hydrogen) atoms. The van der Waals surface area contributed by atoms with Gasteiger partial charge in [0.05, 0.1) is 0 Å². The number of nitrogens with zero attached hydrogens (tertiary/aromatic N) is 2. The van der Waals surface area contributed by atoms with Crippen LogP contribution in [0.5, 0.6) is 0 Å². The zero-order valence-electron chi connectivity index (χ0n) is 11.3. The fourth-order valence-electron chi connectivity index (χ4n) is 3.26. The van der Waals surface area contributed by atoms with Crippen LogP contribution < -0.4 is 0 Å². The molecule has 2 fully saturated rings. The summed E-state index contributed by atoms with van der Waals surface area (Å²) < 4.78 is 37.5. The van der Waals surface area contributed by atoms with Crippen LogP contribution in [-0.2, 0) is 10.2 Å². The molecule has 1 aromatic carbocycles. The smallest absolute Gasteiger partial charge is 0.410 e. The van der Waals surface area contributed by atoms with Gasteiger partial charge < -0.3 is 10.1 Å². The molecule has 1 aromatic rings. The van der Waals surface area contributed by atoms with Crippen molar-refractivity contribution in [2.45, 2.75) is 18.0 Å². The summed E-state index contributed by atoms with van der Waals surface area (Å²) in [6.07, 6.45) is -4.05. The predicted molar refractivity (Wildman–Crippen MR) is 73.0 cm³/mol. The Hall–Kier alpha value is -1.76. The number of fused-ring (bicyclic) bond motifs is 1. The number of oxime groups is 1. The summed E-state index contributed by atoms with van der Waals surface area (Å²) in [5.74, 6) is -1.71. The van der Waals surface area contributed by atoms with E-state index in [4.69, 9.17) is 16.8 Å². The monoisotopic (exact) mass is 332 g/mol. The second-order valence-corrected chi connectivity index (χ2v) is 6.07.